The van der Waals surface area contributed by atoms with Gasteiger partial charge >= 0.3 is 0 Å². The number of amides is 1. The van der Waals surface area contributed by atoms with Gasteiger partial charge < -0.3 is 10.3 Å². The number of carbonyl (C=O) groups is 1. The third-order valence-electron chi connectivity index (χ3n) is 5.96. The fourth-order valence-corrected chi connectivity index (χ4v) is 4.49. The number of nitrogens with one attached hydrogen (secondary N) is 2. The van der Waals surface area contributed by atoms with Crippen molar-refractivity contribution in [2.45, 2.75) is 45.1 Å². The summed E-state index contributed by atoms with van der Waals surface area (Å²) in [7, 11) is 0. The van der Waals surface area contributed by atoms with Gasteiger partial charge in [-0.3, -0.25) is 4.79 Å². The molecule has 148 valence electrons. The molecule has 1 aliphatic carbocycles. The first-order valence-corrected chi connectivity index (χ1v) is 10.4. The van der Waals surface area contributed by atoms with E-state index in [-0.39, 0.29) is 5.91 Å². The van der Waals surface area contributed by atoms with Crippen molar-refractivity contribution in [3.63, 3.8) is 0 Å². The third-order valence-corrected chi connectivity index (χ3v) is 5.96. The molecule has 0 aliphatic heterocycles. The topological polar surface area (TPSA) is 75.6 Å². The molecule has 1 amide bonds. The number of nitrogens with zero attached hydrogens (tertiary/aromatic N) is 3. The maximum absolute atomic E-state index is 12.9. The SMILES string of the molecule is Cc1cc(C(=O)NCCc2c[nH]c3ccccc23)c2cnn(C3CCCC3)c2n1. The Hall–Kier alpha value is -3.15. The van der Waals surface area contributed by atoms with Crippen molar-refractivity contribution < 1.29 is 4.79 Å². The molecule has 0 spiro atoms. The summed E-state index contributed by atoms with van der Waals surface area (Å²) in [4.78, 5) is 20.9. The zero-order chi connectivity index (χ0) is 19.8. The maximum atomic E-state index is 12.9. The molecule has 1 saturated carbocycles. The van der Waals surface area contributed by atoms with E-state index < -0.39 is 0 Å². The monoisotopic (exact) mass is 387 g/mol. The molecule has 0 unspecified atom stereocenters. The van der Waals surface area contributed by atoms with Gasteiger partial charge in [0.1, 0.15) is 0 Å². The molecule has 0 bridgehead atoms. The predicted molar refractivity (Wildman–Crippen MR) is 114 cm³/mol. The lowest BCUT2D eigenvalue weighted by Gasteiger charge is -2.12. The van der Waals surface area contributed by atoms with E-state index >= 15 is 0 Å². The van der Waals surface area contributed by atoms with Crippen LogP contribution < -0.4 is 5.32 Å². The average molecular weight is 387 g/mol. The molecular weight excluding hydrogens is 362 g/mol. The molecule has 1 fully saturated rings. The molecule has 29 heavy (non-hydrogen) atoms. The molecule has 6 nitrogen and oxygen atoms in total. The largest absolute Gasteiger partial charge is 0.361 e. The smallest absolute Gasteiger partial charge is 0.252 e. The summed E-state index contributed by atoms with van der Waals surface area (Å²) >= 11 is 0. The number of aryl methyl sites for hydroxylation is 1. The second-order valence-corrected chi connectivity index (χ2v) is 7.94. The lowest BCUT2D eigenvalue weighted by atomic mass is 10.1. The van der Waals surface area contributed by atoms with Crippen molar-refractivity contribution in [1.82, 2.24) is 25.1 Å². The van der Waals surface area contributed by atoms with Crippen molar-refractivity contribution in [1.29, 1.82) is 0 Å². The highest BCUT2D eigenvalue weighted by Gasteiger charge is 2.22. The quantitative estimate of drug-likeness (QED) is 0.536. The summed E-state index contributed by atoms with van der Waals surface area (Å²) < 4.78 is 2.03. The number of pyridine rings is 1. The van der Waals surface area contributed by atoms with Crippen LogP contribution in [0.1, 0.15) is 53.3 Å². The van der Waals surface area contributed by atoms with Crippen LogP contribution in [0, 0.1) is 6.92 Å². The van der Waals surface area contributed by atoms with Gasteiger partial charge in [-0.2, -0.15) is 5.10 Å². The summed E-state index contributed by atoms with van der Waals surface area (Å²) in [5.74, 6) is -0.0636. The van der Waals surface area contributed by atoms with Gasteiger partial charge in [-0.25, -0.2) is 9.67 Å². The van der Waals surface area contributed by atoms with Crippen LogP contribution in [0.15, 0.2) is 42.7 Å². The highest BCUT2D eigenvalue weighted by atomic mass is 16.1. The number of fused-ring (bicyclic) bond motifs is 2. The van der Waals surface area contributed by atoms with Crippen molar-refractivity contribution in [3.8, 4) is 0 Å². The molecule has 1 aromatic carbocycles. The minimum Gasteiger partial charge on any atom is -0.361 e. The molecule has 6 heteroatoms. The van der Waals surface area contributed by atoms with Crippen LogP contribution in [0.5, 0.6) is 0 Å². The van der Waals surface area contributed by atoms with E-state index in [4.69, 9.17) is 4.98 Å². The Kier molecular flexibility index (Phi) is 4.54. The Balaban J connectivity index is 1.35. The Bertz CT molecular complexity index is 1180. The first kappa shape index (κ1) is 17.9. The van der Waals surface area contributed by atoms with Crippen LogP contribution in [-0.2, 0) is 6.42 Å². The van der Waals surface area contributed by atoms with Gasteiger partial charge in [-0.1, -0.05) is 31.0 Å². The number of aromatic nitrogens is 4. The summed E-state index contributed by atoms with van der Waals surface area (Å²) in [5, 5.41) is 9.72. The molecule has 3 aromatic heterocycles. The van der Waals surface area contributed by atoms with Gasteiger partial charge in [-0.15, -0.1) is 0 Å². The van der Waals surface area contributed by atoms with E-state index in [0.717, 1.165) is 41.5 Å². The van der Waals surface area contributed by atoms with Crippen LogP contribution in [0.3, 0.4) is 0 Å². The zero-order valence-corrected chi connectivity index (χ0v) is 16.6. The zero-order valence-electron chi connectivity index (χ0n) is 16.6. The number of aromatic amines is 1. The first-order chi connectivity index (χ1) is 14.2. The number of H-pyrrole nitrogens is 1. The maximum Gasteiger partial charge on any atom is 0.252 e. The first-order valence-electron chi connectivity index (χ1n) is 10.4. The van der Waals surface area contributed by atoms with Crippen molar-refractivity contribution in [2.24, 2.45) is 0 Å². The van der Waals surface area contributed by atoms with Crippen molar-refractivity contribution in [3.05, 3.63) is 59.5 Å². The minimum absolute atomic E-state index is 0.0636. The van der Waals surface area contributed by atoms with E-state index in [1.54, 1.807) is 6.20 Å². The van der Waals surface area contributed by atoms with Crippen molar-refractivity contribution in [2.75, 3.05) is 6.54 Å². The van der Waals surface area contributed by atoms with Crippen LogP contribution >= 0.6 is 0 Å². The van der Waals surface area contributed by atoms with Gasteiger partial charge in [0.05, 0.1) is 23.2 Å². The fourth-order valence-electron chi connectivity index (χ4n) is 4.49. The Morgan fingerprint density at radius 2 is 2.07 bits per heavy atom. The standard InChI is InChI=1S/C23H25N5O/c1-15-12-19(20-14-26-28(22(20)27-15)17-6-2-3-7-17)23(29)24-11-10-16-13-25-21-9-5-4-8-18(16)21/h4-5,8-9,12-14,17,25H,2-3,6-7,10-11H2,1H3,(H,24,29). The molecule has 4 aromatic rings. The molecule has 2 N–H and O–H groups in total. The fraction of sp³-hybridized carbons (Fsp3) is 0.348. The lowest BCUT2D eigenvalue weighted by molar-refractivity contribution is 0.0955. The highest BCUT2D eigenvalue weighted by Crippen LogP contribution is 2.32. The number of para-hydroxylation sites is 1. The van der Waals surface area contributed by atoms with E-state index in [2.05, 4.69) is 27.5 Å². The van der Waals surface area contributed by atoms with Gasteiger partial charge in [0.15, 0.2) is 5.65 Å². The predicted octanol–water partition coefficient (Wildman–Crippen LogP) is 4.31. The number of carbonyl (C=O) groups excluding carboxylic acids is 1. The van der Waals surface area contributed by atoms with E-state index in [1.807, 2.05) is 36.0 Å². The molecule has 0 radical (unpaired) electrons. The molecule has 1 aliphatic rings. The summed E-state index contributed by atoms with van der Waals surface area (Å²) in [5.41, 5.74) is 4.68. The highest BCUT2D eigenvalue weighted by molar-refractivity contribution is 6.05. The second kappa shape index (κ2) is 7.35. The molecule has 0 saturated heterocycles. The van der Waals surface area contributed by atoms with Gasteiger partial charge in [0.25, 0.3) is 5.91 Å². The van der Waals surface area contributed by atoms with Crippen LogP contribution in [-0.4, -0.2) is 32.2 Å². The summed E-state index contributed by atoms with van der Waals surface area (Å²) in [6, 6.07) is 10.5. The number of benzene rings is 1. The van der Waals surface area contributed by atoms with Gasteiger partial charge in [0.2, 0.25) is 0 Å². The second-order valence-electron chi connectivity index (χ2n) is 7.94. The Morgan fingerprint density at radius 3 is 2.93 bits per heavy atom. The number of hydrogen-bond acceptors (Lipinski definition) is 3. The minimum atomic E-state index is -0.0636. The van der Waals surface area contributed by atoms with Gasteiger partial charge in [-0.05, 0) is 43.9 Å². The Labute approximate surface area is 169 Å². The van der Waals surface area contributed by atoms with Crippen LogP contribution in [0.4, 0.5) is 0 Å². The van der Waals surface area contributed by atoms with E-state index in [0.29, 0.717) is 18.2 Å². The van der Waals surface area contributed by atoms with Crippen LogP contribution in [0.2, 0.25) is 0 Å². The lowest BCUT2D eigenvalue weighted by Crippen LogP contribution is -2.26. The molecule has 5 rings (SSSR count). The number of hydrogen-bond donors (Lipinski definition) is 2. The molecular formula is C23H25N5O. The molecule has 3 heterocycles. The Morgan fingerprint density at radius 1 is 1.24 bits per heavy atom. The van der Waals surface area contributed by atoms with Crippen LogP contribution in [0.25, 0.3) is 21.9 Å². The van der Waals surface area contributed by atoms with Gasteiger partial charge in [0, 0.05) is 29.3 Å². The number of rotatable bonds is 5. The van der Waals surface area contributed by atoms with Crippen molar-refractivity contribution >= 4 is 27.8 Å². The van der Waals surface area contributed by atoms with E-state index in [9.17, 15) is 4.79 Å². The normalized spacial score (nSPS) is 14.8. The summed E-state index contributed by atoms with van der Waals surface area (Å²) in [6.07, 6.45) is 9.35. The third kappa shape index (κ3) is 3.28. The van der Waals surface area contributed by atoms with E-state index in [1.165, 1.54) is 23.8 Å². The average Bonchev–Trinajstić information content (AvgIpc) is 3.46. The summed E-state index contributed by atoms with van der Waals surface area (Å²) in [6.45, 7) is 2.52. The molecule has 0 atom stereocenters.